The van der Waals surface area contributed by atoms with Crippen LogP contribution in [-0.2, 0) is 0 Å². The van der Waals surface area contributed by atoms with E-state index >= 15 is 0 Å². The molecule has 0 aromatic heterocycles. The largest absolute Gasteiger partial charge is 0.341 e. The van der Waals surface area contributed by atoms with Gasteiger partial charge in [-0.25, -0.2) is 4.39 Å². The zero-order valence-electron chi connectivity index (χ0n) is 8.73. The highest BCUT2D eigenvalue weighted by molar-refractivity contribution is 5.94. The van der Waals surface area contributed by atoms with Crippen molar-refractivity contribution in [3.05, 3.63) is 35.1 Å². The van der Waals surface area contributed by atoms with Crippen molar-refractivity contribution >= 4 is 5.91 Å². The van der Waals surface area contributed by atoms with Gasteiger partial charge in [-0.05, 0) is 26.0 Å². The molecule has 0 heterocycles. The number of aryl methyl sites for hydroxylation is 1. The van der Waals surface area contributed by atoms with Gasteiger partial charge >= 0.3 is 0 Å². The third-order valence-electron chi connectivity index (χ3n) is 1.88. The predicted octanol–water partition coefficient (Wildman–Crippen LogP) is 1.89. The summed E-state index contributed by atoms with van der Waals surface area (Å²) in [6.45, 7) is 3.73. The first-order valence-corrected chi connectivity index (χ1v) is 4.59. The van der Waals surface area contributed by atoms with Gasteiger partial charge in [0.05, 0.1) is 12.1 Å². The summed E-state index contributed by atoms with van der Waals surface area (Å²) in [6, 6.07) is 4.43. The molecular weight excluding hydrogens is 193 g/mol. The summed E-state index contributed by atoms with van der Waals surface area (Å²) in [5.74, 6) is 4.38. The third-order valence-corrected chi connectivity index (χ3v) is 1.88. The van der Waals surface area contributed by atoms with Gasteiger partial charge in [-0.15, -0.1) is 5.92 Å². The molecule has 0 aliphatic carbocycles. The molecular formula is C12H12FNO. The number of halogens is 1. The number of benzene rings is 1. The number of carbonyl (C=O) groups excluding carboxylic acids is 1. The summed E-state index contributed by atoms with van der Waals surface area (Å²) in [5.41, 5.74) is 0.913. The molecule has 0 spiro atoms. The Morgan fingerprint density at radius 3 is 2.93 bits per heavy atom. The summed E-state index contributed by atoms with van der Waals surface area (Å²) >= 11 is 0. The second-order valence-electron chi connectivity index (χ2n) is 3.09. The molecule has 78 valence electrons. The van der Waals surface area contributed by atoms with Crippen molar-refractivity contribution in [1.82, 2.24) is 5.32 Å². The van der Waals surface area contributed by atoms with E-state index in [1.165, 1.54) is 12.1 Å². The van der Waals surface area contributed by atoms with Crippen molar-refractivity contribution in [2.45, 2.75) is 13.8 Å². The van der Waals surface area contributed by atoms with E-state index in [4.69, 9.17) is 0 Å². The first kappa shape index (κ1) is 11.3. The summed E-state index contributed by atoms with van der Waals surface area (Å²) < 4.78 is 13.2. The Morgan fingerprint density at radius 2 is 2.27 bits per heavy atom. The van der Waals surface area contributed by atoms with E-state index in [-0.39, 0.29) is 12.1 Å². The van der Waals surface area contributed by atoms with Crippen molar-refractivity contribution < 1.29 is 9.18 Å². The van der Waals surface area contributed by atoms with Crippen molar-refractivity contribution in [3.8, 4) is 11.8 Å². The fourth-order valence-corrected chi connectivity index (χ4v) is 1.12. The van der Waals surface area contributed by atoms with Gasteiger partial charge in [0, 0.05) is 0 Å². The summed E-state index contributed by atoms with van der Waals surface area (Å²) in [6.07, 6.45) is 0. The molecule has 1 aromatic carbocycles. The molecule has 2 nitrogen and oxygen atoms in total. The van der Waals surface area contributed by atoms with Crippen LogP contribution in [0.15, 0.2) is 18.2 Å². The Labute approximate surface area is 88.5 Å². The molecule has 1 aromatic rings. The molecule has 0 bridgehead atoms. The molecule has 1 amide bonds. The maximum Gasteiger partial charge on any atom is 0.255 e. The molecule has 0 fully saturated rings. The molecule has 0 aliphatic rings. The zero-order chi connectivity index (χ0) is 11.3. The number of hydrogen-bond donors (Lipinski definition) is 1. The minimum Gasteiger partial charge on any atom is -0.341 e. The third kappa shape index (κ3) is 3.10. The lowest BCUT2D eigenvalue weighted by Gasteiger charge is -2.03. The fourth-order valence-electron chi connectivity index (χ4n) is 1.12. The van der Waals surface area contributed by atoms with Crippen LogP contribution in [0.2, 0.25) is 0 Å². The fraction of sp³-hybridized carbons (Fsp3) is 0.250. The predicted molar refractivity (Wildman–Crippen MR) is 56.9 cm³/mol. The van der Waals surface area contributed by atoms with Crippen LogP contribution in [0.25, 0.3) is 0 Å². The topological polar surface area (TPSA) is 29.1 Å². The van der Waals surface area contributed by atoms with E-state index in [1.807, 2.05) is 6.92 Å². The van der Waals surface area contributed by atoms with Crippen molar-refractivity contribution in [2.75, 3.05) is 6.54 Å². The molecule has 1 rings (SSSR count). The van der Waals surface area contributed by atoms with E-state index in [9.17, 15) is 9.18 Å². The van der Waals surface area contributed by atoms with Gasteiger partial charge in [-0.3, -0.25) is 4.79 Å². The lowest BCUT2D eigenvalue weighted by Crippen LogP contribution is -2.24. The maximum atomic E-state index is 13.2. The highest BCUT2D eigenvalue weighted by Crippen LogP contribution is 2.09. The van der Waals surface area contributed by atoms with Gasteiger partial charge in [0.25, 0.3) is 5.91 Å². The Hall–Kier alpha value is -1.82. The van der Waals surface area contributed by atoms with Gasteiger partial charge < -0.3 is 5.32 Å². The summed E-state index contributed by atoms with van der Waals surface area (Å²) in [5, 5.41) is 2.52. The first-order chi connectivity index (χ1) is 7.15. The molecule has 15 heavy (non-hydrogen) atoms. The Kier molecular flexibility index (Phi) is 3.87. The minimum atomic E-state index is -0.512. The van der Waals surface area contributed by atoms with Crippen LogP contribution in [0.5, 0.6) is 0 Å². The van der Waals surface area contributed by atoms with Gasteiger partial charge in [0.15, 0.2) is 0 Å². The normalized spacial score (nSPS) is 9.00. The average Bonchev–Trinajstić information content (AvgIpc) is 2.22. The van der Waals surface area contributed by atoms with Gasteiger partial charge in [0.2, 0.25) is 0 Å². The van der Waals surface area contributed by atoms with Gasteiger partial charge in [0.1, 0.15) is 5.82 Å². The Bertz CT molecular complexity index is 429. The van der Waals surface area contributed by atoms with Crippen LogP contribution in [0, 0.1) is 24.6 Å². The molecule has 1 N–H and O–H groups in total. The monoisotopic (exact) mass is 205 g/mol. The van der Waals surface area contributed by atoms with Crippen LogP contribution >= 0.6 is 0 Å². The number of hydrogen-bond acceptors (Lipinski definition) is 1. The van der Waals surface area contributed by atoms with Crippen molar-refractivity contribution in [3.63, 3.8) is 0 Å². The smallest absolute Gasteiger partial charge is 0.255 e. The van der Waals surface area contributed by atoms with Gasteiger partial charge in [-0.2, -0.15) is 0 Å². The quantitative estimate of drug-likeness (QED) is 0.734. The maximum absolute atomic E-state index is 13.2. The molecule has 3 heteroatoms. The van der Waals surface area contributed by atoms with Gasteiger partial charge in [-0.1, -0.05) is 17.6 Å². The average molecular weight is 205 g/mol. The molecule has 0 unspecified atom stereocenters. The Balaban J connectivity index is 2.80. The van der Waals surface area contributed by atoms with Crippen molar-refractivity contribution in [2.24, 2.45) is 0 Å². The highest BCUT2D eigenvalue weighted by atomic mass is 19.1. The minimum absolute atomic E-state index is 0.0629. The summed E-state index contributed by atoms with van der Waals surface area (Å²) in [4.78, 5) is 11.5. The number of carbonyl (C=O) groups is 1. The molecule has 0 radical (unpaired) electrons. The second kappa shape index (κ2) is 5.16. The van der Waals surface area contributed by atoms with E-state index in [2.05, 4.69) is 17.2 Å². The van der Waals surface area contributed by atoms with Crippen molar-refractivity contribution in [1.29, 1.82) is 0 Å². The zero-order valence-corrected chi connectivity index (χ0v) is 8.73. The SMILES string of the molecule is CC#CCNC(=O)c1cc(C)ccc1F. The standard InChI is InChI=1S/C12H12FNO/c1-3-4-7-14-12(15)10-8-9(2)5-6-11(10)13/h5-6,8H,7H2,1-2H3,(H,14,15). The first-order valence-electron chi connectivity index (χ1n) is 4.59. The molecule has 0 atom stereocenters. The van der Waals surface area contributed by atoms with E-state index in [0.717, 1.165) is 5.56 Å². The van der Waals surface area contributed by atoms with E-state index < -0.39 is 11.7 Å². The molecule has 0 saturated carbocycles. The Morgan fingerprint density at radius 1 is 1.53 bits per heavy atom. The number of rotatable bonds is 2. The van der Waals surface area contributed by atoms with E-state index in [0.29, 0.717) is 0 Å². The van der Waals surface area contributed by atoms with Crippen LogP contribution < -0.4 is 5.32 Å². The second-order valence-corrected chi connectivity index (χ2v) is 3.09. The highest BCUT2D eigenvalue weighted by Gasteiger charge is 2.10. The lowest BCUT2D eigenvalue weighted by atomic mass is 10.1. The molecule has 0 aliphatic heterocycles. The van der Waals surface area contributed by atoms with Crippen LogP contribution in [0.1, 0.15) is 22.8 Å². The number of amides is 1. The van der Waals surface area contributed by atoms with Crippen LogP contribution in [0.4, 0.5) is 4.39 Å². The lowest BCUT2D eigenvalue weighted by molar-refractivity contribution is 0.0954. The summed E-state index contributed by atoms with van der Waals surface area (Å²) in [7, 11) is 0. The van der Waals surface area contributed by atoms with Crippen LogP contribution in [0.3, 0.4) is 0 Å². The molecule has 0 saturated heterocycles. The van der Waals surface area contributed by atoms with E-state index in [1.54, 1.807) is 13.0 Å². The number of nitrogens with one attached hydrogen (secondary N) is 1. The van der Waals surface area contributed by atoms with Crippen LogP contribution in [-0.4, -0.2) is 12.5 Å².